The maximum atomic E-state index is 13.0. The zero-order chi connectivity index (χ0) is 19.2. The SMILES string of the molecule is CC[C@H](Oc1ccc(F)cc1)C(=O)Nc1nnc(-c2ccc(OC)cc2)s1. The summed E-state index contributed by atoms with van der Waals surface area (Å²) >= 11 is 1.26. The van der Waals surface area contributed by atoms with Gasteiger partial charge in [-0.25, -0.2) is 4.39 Å². The van der Waals surface area contributed by atoms with Crippen LogP contribution in [0.15, 0.2) is 48.5 Å². The van der Waals surface area contributed by atoms with E-state index in [1.165, 1.54) is 35.6 Å². The van der Waals surface area contributed by atoms with E-state index in [1.807, 2.05) is 31.2 Å². The van der Waals surface area contributed by atoms with Crippen LogP contribution in [0, 0.1) is 5.82 Å². The van der Waals surface area contributed by atoms with Gasteiger partial charge in [-0.05, 0) is 55.0 Å². The first kappa shape index (κ1) is 18.8. The van der Waals surface area contributed by atoms with E-state index in [0.717, 1.165) is 11.3 Å². The molecule has 3 rings (SSSR count). The number of aromatic nitrogens is 2. The van der Waals surface area contributed by atoms with E-state index in [9.17, 15) is 9.18 Å². The second-order valence-corrected chi connectivity index (χ2v) is 6.58. The predicted octanol–water partition coefficient (Wildman–Crippen LogP) is 4.15. The zero-order valence-corrected chi connectivity index (χ0v) is 15.6. The summed E-state index contributed by atoms with van der Waals surface area (Å²) in [4.78, 5) is 12.5. The summed E-state index contributed by atoms with van der Waals surface area (Å²) in [5.41, 5.74) is 0.878. The van der Waals surface area contributed by atoms with Gasteiger partial charge in [0.1, 0.15) is 22.3 Å². The molecule has 0 aliphatic carbocycles. The van der Waals surface area contributed by atoms with Crippen LogP contribution in [0.5, 0.6) is 11.5 Å². The number of hydrogen-bond acceptors (Lipinski definition) is 6. The molecule has 0 radical (unpaired) electrons. The summed E-state index contributed by atoms with van der Waals surface area (Å²) in [7, 11) is 1.60. The molecule has 1 N–H and O–H groups in total. The first-order valence-corrected chi connectivity index (χ1v) is 9.11. The van der Waals surface area contributed by atoms with Crippen molar-refractivity contribution in [3.8, 4) is 22.1 Å². The van der Waals surface area contributed by atoms with E-state index in [0.29, 0.717) is 22.3 Å². The van der Waals surface area contributed by atoms with Gasteiger partial charge in [-0.2, -0.15) is 0 Å². The molecule has 0 spiro atoms. The number of methoxy groups -OCH3 is 1. The van der Waals surface area contributed by atoms with E-state index in [1.54, 1.807) is 7.11 Å². The van der Waals surface area contributed by atoms with Crippen molar-refractivity contribution in [2.24, 2.45) is 0 Å². The van der Waals surface area contributed by atoms with Crippen molar-refractivity contribution in [3.05, 3.63) is 54.3 Å². The fraction of sp³-hybridized carbons (Fsp3) is 0.211. The minimum atomic E-state index is -0.719. The molecular formula is C19H18FN3O3S. The van der Waals surface area contributed by atoms with Gasteiger partial charge in [0.25, 0.3) is 5.91 Å². The van der Waals surface area contributed by atoms with Crippen LogP contribution in [0.3, 0.4) is 0 Å². The Labute approximate surface area is 160 Å². The molecule has 140 valence electrons. The Morgan fingerprint density at radius 1 is 1.11 bits per heavy atom. The highest BCUT2D eigenvalue weighted by Crippen LogP contribution is 2.28. The normalized spacial score (nSPS) is 11.7. The number of ether oxygens (including phenoxy) is 2. The number of halogens is 1. The molecule has 1 atom stereocenters. The number of rotatable bonds is 7. The van der Waals surface area contributed by atoms with Gasteiger partial charge in [0.15, 0.2) is 6.10 Å². The number of nitrogens with zero attached hydrogens (tertiary/aromatic N) is 2. The van der Waals surface area contributed by atoms with Crippen molar-refractivity contribution in [1.82, 2.24) is 10.2 Å². The number of carbonyl (C=O) groups excluding carboxylic acids is 1. The lowest BCUT2D eigenvalue weighted by Gasteiger charge is -2.16. The molecule has 1 amide bonds. The molecular weight excluding hydrogens is 369 g/mol. The molecule has 1 heterocycles. The third-order valence-corrected chi connectivity index (χ3v) is 4.64. The van der Waals surface area contributed by atoms with Crippen molar-refractivity contribution in [2.45, 2.75) is 19.4 Å². The summed E-state index contributed by atoms with van der Waals surface area (Å²) in [6.07, 6.45) is -0.267. The van der Waals surface area contributed by atoms with Gasteiger partial charge in [-0.3, -0.25) is 10.1 Å². The van der Waals surface area contributed by atoms with Crippen molar-refractivity contribution in [2.75, 3.05) is 12.4 Å². The molecule has 6 nitrogen and oxygen atoms in total. The Hall–Kier alpha value is -3.00. The molecule has 0 aliphatic heterocycles. The molecule has 2 aromatic carbocycles. The quantitative estimate of drug-likeness (QED) is 0.659. The Morgan fingerprint density at radius 3 is 2.41 bits per heavy atom. The van der Waals surface area contributed by atoms with Gasteiger partial charge in [-0.15, -0.1) is 10.2 Å². The molecule has 0 saturated heterocycles. The standard InChI is InChI=1S/C19H18FN3O3S/c1-3-16(26-15-10-6-13(20)7-11-15)17(24)21-19-23-22-18(27-19)12-4-8-14(25-2)9-5-12/h4-11,16H,3H2,1-2H3,(H,21,23,24)/t16-/m0/s1. The number of hydrogen-bond donors (Lipinski definition) is 1. The van der Waals surface area contributed by atoms with Crippen molar-refractivity contribution in [3.63, 3.8) is 0 Å². The van der Waals surface area contributed by atoms with Crippen molar-refractivity contribution in [1.29, 1.82) is 0 Å². The summed E-state index contributed by atoms with van der Waals surface area (Å²) in [6, 6.07) is 12.9. The second kappa shape index (κ2) is 8.59. The summed E-state index contributed by atoms with van der Waals surface area (Å²) in [5.74, 6) is 0.481. The van der Waals surface area contributed by atoms with Gasteiger partial charge in [0, 0.05) is 5.56 Å². The Kier molecular flexibility index (Phi) is 5.97. The Bertz CT molecular complexity index is 897. The molecule has 0 unspecified atom stereocenters. The van der Waals surface area contributed by atoms with E-state index in [-0.39, 0.29) is 11.7 Å². The van der Waals surface area contributed by atoms with Crippen LogP contribution in [0.1, 0.15) is 13.3 Å². The smallest absolute Gasteiger partial charge is 0.267 e. The lowest BCUT2D eigenvalue weighted by atomic mass is 10.2. The lowest BCUT2D eigenvalue weighted by Crippen LogP contribution is -2.32. The maximum absolute atomic E-state index is 13.0. The average molecular weight is 387 g/mol. The first-order valence-electron chi connectivity index (χ1n) is 8.30. The number of amides is 1. The van der Waals surface area contributed by atoms with Crippen molar-refractivity contribution >= 4 is 22.4 Å². The van der Waals surface area contributed by atoms with E-state index < -0.39 is 6.10 Å². The molecule has 0 bridgehead atoms. The van der Waals surface area contributed by atoms with Crippen LogP contribution >= 0.6 is 11.3 Å². The summed E-state index contributed by atoms with van der Waals surface area (Å²) in [6.45, 7) is 1.83. The van der Waals surface area contributed by atoms with Crippen LogP contribution < -0.4 is 14.8 Å². The second-order valence-electron chi connectivity index (χ2n) is 5.60. The fourth-order valence-corrected chi connectivity index (χ4v) is 3.06. The third-order valence-electron chi connectivity index (χ3n) is 3.75. The monoisotopic (exact) mass is 387 g/mol. The van der Waals surface area contributed by atoms with Crippen LogP contribution in [0.4, 0.5) is 9.52 Å². The Balaban J connectivity index is 1.65. The number of nitrogens with one attached hydrogen (secondary N) is 1. The van der Waals surface area contributed by atoms with E-state index in [4.69, 9.17) is 9.47 Å². The molecule has 1 aromatic heterocycles. The van der Waals surface area contributed by atoms with Gasteiger partial charge < -0.3 is 9.47 Å². The number of anilines is 1. The molecule has 3 aromatic rings. The minimum absolute atomic E-state index is 0.334. The van der Waals surface area contributed by atoms with Crippen LogP contribution in [-0.4, -0.2) is 29.3 Å². The lowest BCUT2D eigenvalue weighted by molar-refractivity contribution is -0.122. The number of benzene rings is 2. The van der Waals surface area contributed by atoms with Crippen LogP contribution in [-0.2, 0) is 4.79 Å². The minimum Gasteiger partial charge on any atom is -0.497 e. The fourth-order valence-electron chi connectivity index (χ4n) is 2.31. The molecule has 0 aliphatic rings. The molecule has 0 saturated carbocycles. The molecule has 0 fully saturated rings. The third kappa shape index (κ3) is 4.79. The molecule has 27 heavy (non-hydrogen) atoms. The highest BCUT2D eigenvalue weighted by atomic mass is 32.1. The average Bonchev–Trinajstić information content (AvgIpc) is 3.16. The maximum Gasteiger partial charge on any atom is 0.267 e. The predicted molar refractivity (Wildman–Crippen MR) is 102 cm³/mol. The van der Waals surface area contributed by atoms with Gasteiger partial charge in [0.2, 0.25) is 5.13 Å². The van der Waals surface area contributed by atoms with E-state index >= 15 is 0 Å². The van der Waals surface area contributed by atoms with Crippen molar-refractivity contribution < 1.29 is 18.7 Å². The topological polar surface area (TPSA) is 73.3 Å². The van der Waals surface area contributed by atoms with E-state index in [2.05, 4.69) is 15.5 Å². The van der Waals surface area contributed by atoms with Crippen LogP contribution in [0.25, 0.3) is 10.6 Å². The van der Waals surface area contributed by atoms with Gasteiger partial charge >= 0.3 is 0 Å². The zero-order valence-electron chi connectivity index (χ0n) is 14.8. The summed E-state index contributed by atoms with van der Waals surface area (Å²) in [5, 5.41) is 11.9. The molecule has 8 heteroatoms. The largest absolute Gasteiger partial charge is 0.497 e. The highest BCUT2D eigenvalue weighted by Gasteiger charge is 2.20. The van der Waals surface area contributed by atoms with Gasteiger partial charge in [-0.1, -0.05) is 18.3 Å². The summed E-state index contributed by atoms with van der Waals surface area (Å²) < 4.78 is 23.7. The number of carbonyl (C=O) groups is 1. The Morgan fingerprint density at radius 2 is 1.78 bits per heavy atom. The van der Waals surface area contributed by atoms with Crippen LogP contribution in [0.2, 0.25) is 0 Å². The van der Waals surface area contributed by atoms with Gasteiger partial charge in [0.05, 0.1) is 7.11 Å². The first-order chi connectivity index (χ1) is 13.1. The highest BCUT2D eigenvalue weighted by molar-refractivity contribution is 7.18.